The summed E-state index contributed by atoms with van der Waals surface area (Å²) >= 11 is 0. The smallest absolute Gasteiger partial charge is 0.322 e. The number of carbonyl (C=O) groups excluding carboxylic acids is 1. The van der Waals surface area contributed by atoms with Crippen molar-refractivity contribution in [2.75, 3.05) is 13.1 Å². The predicted molar refractivity (Wildman–Crippen MR) is 57.3 cm³/mol. The van der Waals surface area contributed by atoms with E-state index >= 15 is 0 Å². The van der Waals surface area contributed by atoms with Crippen molar-refractivity contribution in [3.63, 3.8) is 0 Å². The van der Waals surface area contributed by atoms with Crippen LogP contribution >= 0.6 is 0 Å². The number of nitrogens with zero attached hydrogens (tertiary/aromatic N) is 1. The molecule has 0 atom stereocenters. The lowest BCUT2D eigenvalue weighted by Gasteiger charge is -2.02. The maximum absolute atomic E-state index is 11.3. The summed E-state index contributed by atoms with van der Waals surface area (Å²) in [6, 6.07) is 1.70. The van der Waals surface area contributed by atoms with E-state index in [0.717, 1.165) is 19.0 Å². The van der Waals surface area contributed by atoms with Crippen LogP contribution in [0.15, 0.2) is 11.8 Å². The number of unbranched alkanes of at least 4 members (excludes halogenated alkanes) is 1. The Balaban J connectivity index is 4.11. The van der Waals surface area contributed by atoms with Crippen molar-refractivity contribution in [1.29, 1.82) is 5.26 Å². The molecule has 0 bridgehead atoms. The number of nitriles is 1. The van der Waals surface area contributed by atoms with E-state index < -0.39 is 11.9 Å². The van der Waals surface area contributed by atoms with Gasteiger partial charge < -0.3 is 15.7 Å². The molecule has 0 radical (unpaired) electrons. The number of aliphatic carboxylic acids is 1. The van der Waals surface area contributed by atoms with Gasteiger partial charge in [0.1, 0.15) is 18.2 Å². The first kappa shape index (κ1) is 14.0. The molecule has 0 spiro atoms. The molecule has 0 heterocycles. The zero-order valence-corrected chi connectivity index (χ0v) is 9.12. The topological polar surface area (TPSA) is 102 Å². The van der Waals surface area contributed by atoms with Crippen LogP contribution in [0.25, 0.3) is 0 Å². The number of amides is 1. The fraction of sp³-hybridized carbons (Fsp3) is 0.500. The van der Waals surface area contributed by atoms with Crippen LogP contribution in [0.3, 0.4) is 0 Å². The van der Waals surface area contributed by atoms with Crippen LogP contribution in [0.2, 0.25) is 0 Å². The van der Waals surface area contributed by atoms with Gasteiger partial charge in [-0.3, -0.25) is 9.59 Å². The molecule has 0 rings (SSSR count). The van der Waals surface area contributed by atoms with Gasteiger partial charge in [-0.05, 0) is 6.42 Å². The van der Waals surface area contributed by atoms with Crippen molar-refractivity contribution in [3.8, 4) is 6.07 Å². The zero-order chi connectivity index (χ0) is 12.4. The average molecular weight is 225 g/mol. The lowest BCUT2D eigenvalue weighted by molar-refractivity contribution is -0.135. The summed E-state index contributed by atoms with van der Waals surface area (Å²) in [5.74, 6) is -1.55. The molecule has 0 saturated heterocycles. The van der Waals surface area contributed by atoms with Crippen LogP contribution in [0.5, 0.6) is 0 Å². The van der Waals surface area contributed by atoms with Gasteiger partial charge in [0.2, 0.25) is 0 Å². The van der Waals surface area contributed by atoms with Gasteiger partial charge in [0.25, 0.3) is 5.91 Å². The Hall–Kier alpha value is -2.03. The van der Waals surface area contributed by atoms with E-state index in [0.29, 0.717) is 6.54 Å². The van der Waals surface area contributed by atoms with E-state index in [1.54, 1.807) is 6.07 Å². The first-order chi connectivity index (χ1) is 7.61. The SMILES string of the molecule is CCCCNC(=O)/C(C#N)=C\NCC(=O)O. The summed E-state index contributed by atoms with van der Waals surface area (Å²) < 4.78 is 0. The van der Waals surface area contributed by atoms with Crippen molar-refractivity contribution in [2.45, 2.75) is 19.8 Å². The van der Waals surface area contributed by atoms with Crippen molar-refractivity contribution >= 4 is 11.9 Å². The molecule has 16 heavy (non-hydrogen) atoms. The molecule has 0 fully saturated rings. The van der Waals surface area contributed by atoms with Gasteiger partial charge in [0.05, 0.1) is 0 Å². The monoisotopic (exact) mass is 225 g/mol. The van der Waals surface area contributed by atoms with Crippen LogP contribution in [0.1, 0.15) is 19.8 Å². The quantitative estimate of drug-likeness (QED) is 0.321. The van der Waals surface area contributed by atoms with Crippen molar-refractivity contribution in [2.24, 2.45) is 0 Å². The normalized spacial score (nSPS) is 10.4. The Morgan fingerprint density at radius 3 is 2.69 bits per heavy atom. The Labute approximate surface area is 93.9 Å². The van der Waals surface area contributed by atoms with Gasteiger partial charge in [-0.25, -0.2) is 0 Å². The number of rotatable bonds is 7. The summed E-state index contributed by atoms with van der Waals surface area (Å²) in [6.45, 7) is 2.17. The minimum Gasteiger partial charge on any atom is -0.480 e. The molecule has 6 nitrogen and oxygen atoms in total. The fourth-order valence-corrected chi connectivity index (χ4v) is 0.863. The number of carbonyl (C=O) groups is 2. The molecule has 0 aliphatic heterocycles. The van der Waals surface area contributed by atoms with E-state index in [4.69, 9.17) is 10.4 Å². The first-order valence-corrected chi connectivity index (χ1v) is 4.95. The third-order valence-corrected chi connectivity index (χ3v) is 1.68. The van der Waals surface area contributed by atoms with Crippen LogP contribution in [-0.2, 0) is 9.59 Å². The molecule has 0 aliphatic rings. The van der Waals surface area contributed by atoms with Crippen molar-refractivity contribution in [3.05, 3.63) is 11.8 Å². The summed E-state index contributed by atoms with van der Waals surface area (Å²) in [5, 5.41) is 21.9. The molecule has 1 amide bonds. The summed E-state index contributed by atoms with van der Waals surface area (Å²) in [5.41, 5.74) is -0.127. The summed E-state index contributed by atoms with van der Waals surface area (Å²) in [7, 11) is 0. The van der Waals surface area contributed by atoms with Gasteiger partial charge in [-0.1, -0.05) is 13.3 Å². The molecule has 0 aliphatic carbocycles. The number of hydrogen-bond donors (Lipinski definition) is 3. The van der Waals surface area contributed by atoms with Crippen LogP contribution in [-0.4, -0.2) is 30.1 Å². The molecule has 0 aromatic carbocycles. The molecular formula is C10H15N3O3. The van der Waals surface area contributed by atoms with Crippen molar-refractivity contribution < 1.29 is 14.7 Å². The lowest BCUT2D eigenvalue weighted by atomic mass is 10.3. The third-order valence-electron chi connectivity index (χ3n) is 1.68. The van der Waals surface area contributed by atoms with E-state index in [-0.39, 0.29) is 12.1 Å². The van der Waals surface area contributed by atoms with Gasteiger partial charge >= 0.3 is 5.97 Å². The fourth-order valence-electron chi connectivity index (χ4n) is 0.863. The number of carboxylic acids is 1. The first-order valence-electron chi connectivity index (χ1n) is 4.95. The third kappa shape index (κ3) is 6.43. The highest BCUT2D eigenvalue weighted by Gasteiger charge is 2.07. The Bertz CT molecular complexity index is 318. The predicted octanol–water partition coefficient (Wildman–Crippen LogP) is -0.0156. The van der Waals surface area contributed by atoms with Gasteiger partial charge in [0.15, 0.2) is 0 Å². The molecule has 0 aromatic heterocycles. The van der Waals surface area contributed by atoms with Gasteiger partial charge in [-0.2, -0.15) is 5.26 Å². The number of carboxylic acid groups (broad SMARTS) is 1. The minimum absolute atomic E-state index is 0.127. The molecule has 6 heteroatoms. The maximum atomic E-state index is 11.3. The van der Waals surface area contributed by atoms with E-state index in [1.807, 2.05) is 6.92 Å². The number of hydrogen-bond acceptors (Lipinski definition) is 4. The summed E-state index contributed by atoms with van der Waals surface area (Å²) in [6.07, 6.45) is 2.89. The molecule has 0 unspecified atom stereocenters. The standard InChI is InChI=1S/C10H15N3O3/c1-2-3-4-13-10(16)8(5-11)6-12-7-9(14)15/h6,12H,2-4,7H2,1H3,(H,13,16)(H,14,15)/b8-6-. The van der Waals surface area contributed by atoms with E-state index in [2.05, 4.69) is 10.6 Å². The Morgan fingerprint density at radius 1 is 1.50 bits per heavy atom. The zero-order valence-electron chi connectivity index (χ0n) is 9.12. The summed E-state index contributed by atoms with van der Waals surface area (Å²) in [4.78, 5) is 21.5. The molecule has 0 aromatic rings. The van der Waals surface area contributed by atoms with Gasteiger partial charge in [-0.15, -0.1) is 0 Å². The lowest BCUT2D eigenvalue weighted by Crippen LogP contribution is -2.27. The van der Waals surface area contributed by atoms with Crippen LogP contribution < -0.4 is 10.6 Å². The Kier molecular flexibility index (Phi) is 7.24. The molecule has 0 saturated carbocycles. The van der Waals surface area contributed by atoms with Crippen LogP contribution in [0.4, 0.5) is 0 Å². The highest BCUT2D eigenvalue weighted by Crippen LogP contribution is 1.91. The second-order valence-corrected chi connectivity index (χ2v) is 3.05. The van der Waals surface area contributed by atoms with E-state index in [9.17, 15) is 9.59 Å². The molecule has 88 valence electrons. The molecular weight excluding hydrogens is 210 g/mol. The minimum atomic E-state index is -1.06. The largest absolute Gasteiger partial charge is 0.480 e. The highest BCUT2D eigenvalue weighted by atomic mass is 16.4. The highest BCUT2D eigenvalue weighted by molar-refractivity contribution is 5.97. The second kappa shape index (κ2) is 8.29. The van der Waals surface area contributed by atoms with Crippen molar-refractivity contribution in [1.82, 2.24) is 10.6 Å². The van der Waals surface area contributed by atoms with E-state index in [1.165, 1.54) is 0 Å². The van der Waals surface area contributed by atoms with Gasteiger partial charge in [0, 0.05) is 12.7 Å². The maximum Gasteiger partial charge on any atom is 0.322 e. The molecule has 3 N–H and O–H groups in total. The average Bonchev–Trinajstić information content (AvgIpc) is 2.24. The van der Waals surface area contributed by atoms with Crippen LogP contribution in [0, 0.1) is 11.3 Å². The number of nitrogens with one attached hydrogen (secondary N) is 2. The Morgan fingerprint density at radius 2 is 2.19 bits per heavy atom. The second-order valence-electron chi connectivity index (χ2n) is 3.05.